The summed E-state index contributed by atoms with van der Waals surface area (Å²) in [6.45, 7) is 6.32. The number of hydrogen-bond acceptors (Lipinski definition) is 4. The second-order valence-electron chi connectivity index (χ2n) is 12.1. The Hall–Kier alpha value is -5.61. The SMILES string of the molecule is Cc1ccc(-c2cc(C)cc(-c3ccc(-c4cc[c-]c(-c5ccccn5)c4)c4ncncc34)c2)cc1.Cc1ccnc(-c2[c-]cccc2)c1.[Ir]. The van der Waals surface area contributed by atoms with Gasteiger partial charge in [0.2, 0.25) is 0 Å². The van der Waals surface area contributed by atoms with Gasteiger partial charge in [-0.05, 0) is 83.7 Å². The molecule has 5 heteroatoms. The third-order valence-corrected chi connectivity index (χ3v) is 8.40. The summed E-state index contributed by atoms with van der Waals surface area (Å²) in [4.78, 5) is 17.9. The van der Waals surface area contributed by atoms with Gasteiger partial charge in [-0.3, -0.25) is 0 Å². The molecule has 0 aliphatic rings. The maximum absolute atomic E-state index is 4.72. The average molecular weight is 823 g/mol. The topological polar surface area (TPSA) is 51.6 Å². The molecule has 0 bridgehead atoms. The standard InChI is InChI=1S/C33H24N3.C12H10N.Ir/c1-22-9-11-24(12-10-22)27-16-23(2)17-28(19-27)29-13-14-30(33-31(29)20-34-21-36-33)25-6-5-7-26(18-25)32-8-3-4-15-35-32;1-10-7-8-13-12(9-10)11-5-3-2-4-6-11;/h3-6,8-21H,1-2H3;2-5,7-9H,1H3;/q2*-1;. The number of pyridine rings is 2. The molecule has 0 saturated heterocycles. The normalized spacial score (nSPS) is 10.5. The van der Waals surface area contributed by atoms with Gasteiger partial charge in [-0.2, -0.15) is 0 Å². The van der Waals surface area contributed by atoms with E-state index in [0.717, 1.165) is 55.7 Å². The monoisotopic (exact) mass is 823 g/mol. The third-order valence-electron chi connectivity index (χ3n) is 8.40. The molecule has 0 amide bonds. The van der Waals surface area contributed by atoms with Crippen molar-refractivity contribution in [1.29, 1.82) is 0 Å². The van der Waals surface area contributed by atoms with Gasteiger partial charge in [0.1, 0.15) is 6.33 Å². The van der Waals surface area contributed by atoms with E-state index >= 15 is 0 Å². The number of rotatable bonds is 5. The minimum Gasteiger partial charge on any atom is -0.305 e. The minimum atomic E-state index is 0. The number of hydrogen-bond donors (Lipinski definition) is 0. The molecule has 0 aliphatic heterocycles. The summed E-state index contributed by atoms with van der Waals surface area (Å²) >= 11 is 0. The Morgan fingerprint density at radius 1 is 0.480 bits per heavy atom. The molecule has 0 atom stereocenters. The quantitative estimate of drug-likeness (QED) is 0.162. The van der Waals surface area contributed by atoms with Gasteiger partial charge in [-0.1, -0.05) is 83.4 Å². The summed E-state index contributed by atoms with van der Waals surface area (Å²) in [6, 6.07) is 50.2. The first-order valence-corrected chi connectivity index (χ1v) is 16.3. The smallest absolute Gasteiger partial charge is 0.116 e. The van der Waals surface area contributed by atoms with Crippen LogP contribution in [0.1, 0.15) is 16.7 Å². The van der Waals surface area contributed by atoms with Gasteiger partial charge in [-0.25, -0.2) is 9.97 Å². The van der Waals surface area contributed by atoms with Crippen molar-refractivity contribution in [3.8, 4) is 55.9 Å². The summed E-state index contributed by atoms with van der Waals surface area (Å²) in [5.41, 5.74) is 15.4. The van der Waals surface area contributed by atoms with Gasteiger partial charge in [-0.15, -0.1) is 65.7 Å². The van der Waals surface area contributed by atoms with Crippen molar-refractivity contribution in [3.63, 3.8) is 0 Å². The molecule has 245 valence electrons. The molecule has 3 heterocycles. The van der Waals surface area contributed by atoms with Crippen LogP contribution >= 0.6 is 0 Å². The Morgan fingerprint density at radius 2 is 1.26 bits per heavy atom. The van der Waals surface area contributed by atoms with E-state index in [1.165, 1.54) is 27.8 Å². The van der Waals surface area contributed by atoms with Crippen molar-refractivity contribution < 1.29 is 20.1 Å². The molecule has 50 heavy (non-hydrogen) atoms. The van der Waals surface area contributed by atoms with Gasteiger partial charge in [0.15, 0.2) is 0 Å². The first kappa shape index (κ1) is 34.3. The van der Waals surface area contributed by atoms with Crippen LogP contribution in [0.2, 0.25) is 0 Å². The van der Waals surface area contributed by atoms with Crippen molar-refractivity contribution >= 4 is 10.9 Å². The fourth-order valence-corrected chi connectivity index (χ4v) is 5.95. The van der Waals surface area contributed by atoms with Gasteiger partial charge < -0.3 is 9.97 Å². The Balaban J connectivity index is 0.000000260. The molecule has 5 aromatic carbocycles. The second-order valence-corrected chi connectivity index (χ2v) is 12.1. The van der Waals surface area contributed by atoms with Gasteiger partial charge in [0.25, 0.3) is 0 Å². The van der Waals surface area contributed by atoms with Crippen molar-refractivity contribution in [2.75, 3.05) is 0 Å². The number of fused-ring (bicyclic) bond motifs is 1. The van der Waals surface area contributed by atoms with E-state index in [2.05, 4.69) is 121 Å². The van der Waals surface area contributed by atoms with Crippen LogP contribution in [0.3, 0.4) is 0 Å². The Labute approximate surface area is 307 Å². The largest absolute Gasteiger partial charge is 0.305 e. The first-order chi connectivity index (χ1) is 24.0. The van der Waals surface area contributed by atoms with Crippen LogP contribution in [0, 0.1) is 32.9 Å². The molecule has 1 radical (unpaired) electrons. The molecule has 0 fully saturated rings. The van der Waals surface area contributed by atoms with E-state index in [-0.39, 0.29) is 20.1 Å². The Kier molecular flexibility index (Phi) is 10.8. The molecule has 8 rings (SSSR count). The summed E-state index contributed by atoms with van der Waals surface area (Å²) < 4.78 is 0. The summed E-state index contributed by atoms with van der Waals surface area (Å²) in [5, 5.41) is 1.03. The summed E-state index contributed by atoms with van der Waals surface area (Å²) in [7, 11) is 0. The van der Waals surface area contributed by atoms with Crippen LogP contribution in [-0.2, 0) is 20.1 Å². The fourth-order valence-electron chi connectivity index (χ4n) is 5.95. The van der Waals surface area contributed by atoms with E-state index < -0.39 is 0 Å². The zero-order chi connectivity index (χ0) is 33.6. The first-order valence-electron chi connectivity index (χ1n) is 16.3. The van der Waals surface area contributed by atoms with E-state index in [1.807, 2.05) is 67.0 Å². The van der Waals surface area contributed by atoms with Crippen LogP contribution in [-0.4, -0.2) is 19.9 Å². The van der Waals surface area contributed by atoms with E-state index in [0.29, 0.717) is 0 Å². The molecule has 3 aromatic heterocycles. The van der Waals surface area contributed by atoms with Gasteiger partial charge in [0.05, 0.1) is 5.52 Å². The van der Waals surface area contributed by atoms with E-state index in [1.54, 1.807) is 12.5 Å². The molecular formula is C45H34IrN4-2. The number of aromatic nitrogens is 4. The van der Waals surface area contributed by atoms with Crippen molar-refractivity contribution in [2.45, 2.75) is 20.8 Å². The molecule has 0 spiro atoms. The second kappa shape index (κ2) is 15.7. The molecular weight excluding hydrogens is 789 g/mol. The van der Waals surface area contributed by atoms with Crippen LogP contribution in [0.4, 0.5) is 0 Å². The van der Waals surface area contributed by atoms with Gasteiger partial charge >= 0.3 is 0 Å². The molecule has 0 unspecified atom stereocenters. The van der Waals surface area contributed by atoms with Crippen LogP contribution in [0.5, 0.6) is 0 Å². The van der Waals surface area contributed by atoms with Crippen molar-refractivity contribution in [1.82, 2.24) is 19.9 Å². The molecule has 0 N–H and O–H groups in total. The average Bonchev–Trinajstić information content (AvgIpc) is 3.15. The molecule has 8 aromatic rings. The van der Waals surface area contributed by atoms with Gasteiger partial charge in [0, 0.05) is 44.1 Å². The molecule has 0 aliphatic carbocycles. The van der Waals surface area contributed by atoms with Crippen LogP contribution < -0.4 is 0 Å². The predicted molar refractivity (Wildman–Crippen MR) is 201 cm³/mol. The molecule has 0 saturated carbocycles. The Morgan fingerprint density at radius 3 is 2.04 bits per heavy atom. The molecule has 4 nitrogen and oxygen atoms in total. The van der Waals surface area contributed by atoms with E-state index in [9.17, 15) is 0 Å². The summed E-state index contributed by atoms with van der Waals surface area (Å²) in [6.07, 6.45) is 7.17. The third kappa shape index (κ3) is 7.82. The number of benzene rings is 5. The fraction of sp³-hybridized carbons (Fsp3) is 0.0667. The predicted octanol–water partition coefficient (Wildman–Crippen LogP) is 11.0. The van der Waals surface area contributed by atoms with Crippen molar-refractivity contribution in [2.24, 2.45) is 0 Å². The maximum atomic E-state index is 4.72. The summed E-state index contributed by atoms with van der Waals surface area (Å²) in [5.74, 6) is 0. The number of nitrogens with zero attached hydrogens (tertiary/aromatic N) is 4. The zero-order valence-corrected chi connectivity index (χ0v) is 30.5. The van der Waals surface area contributed by atoms with Crippen LogP contribution in [0.15, 0.2) is 152 Å². The van der Waals surface area contributed by atoms with Crippen LogP contribution in [0.25, 0.3) is 66.8 Å². The number of aryl methyl sites for hydroxylation is 3. The Bertz CT molecular complexity index is 2360. The minimum absolute atomic E-state index is 0. The zero-order valence-electron chi connectivity index (χ0n) is 28.1. The van der Waals surface area contributed by atoms with E-state index in [4.69, 9.17) is 4.98 Å². The van der Waals surface area contributed by atoms with Crippen molar-refractivity contribution in [3.05, 3.63) is 181 Å². The maximum Gasteiger partial charge on any atom is 0.116 e.